The van der Waals surface area contributed by atoms with Gasteiger partial charge in [-0.05, 0) is 22.9 Å². The fourth-order valence-electron chi connectivity index (χ4n) is 1.65. The third-order valence-electron chi connectivity index (χ3n) is 2.60. The van der Waals surface area contributed by atoms with Crippen LogP contribution in [0, 0.1) is 11.8 Å². The van der Waals surface area contributed by atoms with Gasteiger partial charge in [-0.25, -0.2) is 4.79 Å². The molecule has 0 bridgehead atoms. The summed E-state index contributed by atoms with van der Waals surface area (Å²) in [6.45, 7) is 0.144. The highest BCUT2D eigenvalue weighted by molar-refractivity contribution is 5.83. The minimum Gasteiger partial charge on any atom is -0.467 e. The van der Waals surface area contributed by atoms with Crippen LogP contribution in [0.3, 0.4) is 0 Å². The largest absolute Gasteiger partial charge is 0.467 e. The van der Waals surface area contributed by atoms with E-state index in [4.69, 9.17) is 4.74 Å². The summed E-state index contributed by atoms with van der Waals surface area (Å²) in [7, 11) is 1.33. The van der Waals surface area contributed by atoms with E-state index in [0.717, 1.165) is 10.9 Å². The lowest BCUT2D eigenvalue weighted by Crippen LogP contribution is -2.10. The van der Waals surface area contributed by atoms with E-state index in [9.17, 15) is 4.79 Å². The normalized spacial score (nSPS) is 9.74. The smallest absolute Gasteiger partial charge is 0.331 e. The maximum Gasteiger partial charge on any atom is 0.331 e. The van der Waals surface area contributed by atoms with Crippen LogP contribution >= 0.6 is 0 Å². The Morgan fingerprint density at radius 1 is 1.16 bits per heavy atom. The third kappa shape index (κ3) is 3.84. The Balaban J connectivity index is 1.96. The molecular weight excluding hydrogens is 240 g/mol. The number of carbonyl (C=O) groups excluding carboxylic acids is 1. The molecule has 0 N–H and O–H groups in total. The Morgan fingerprint density at radius 3 is 2.74 bits per heavy atom. The summed E-state index contributed by atoms with van der Waals surface area (Å²) in [6.07, 6.45) is 0. The van der Waals surface area contributed by atoms with Crippen LogP contribution < -0.4 is 0 Å². The lowest BCUT2D eigenvalue weighted by Gasteiger charge is -1.98. The van der Waals surface area contributed by atoms with E-state index in [0.29, 0.717) is 0 Å². The standard InChI is InChI=1S/C16H14O3/c1-18-16(17)12-19-10-4-5-13-8-9-14-6-2-3-7-15(14)11-13/h2-3,6-9,11H,10,12H2,1H3. The second kappa shape index (κ2) is 6.58. The molecule has 2 rings (SSSR count). The number of esters is 1. The van der Waals surface area contributed by atoms with Crippen molar-refractivity contribution in [3.05, 3.63) is 48.0 Å². The molecule has 0 amide bonds. The van der Waals surface area contributed by atoms with Crippen molar-refractivity contribution in [2.75, 3.05) is 20.3 Å². The van der Waals surface area contributed by atoms with Gasteiger partial charge in [0.25, 0.3) is 0 Å². The Kier molecular flexibility index (Phi) is 4.54. The lowest BCUT2D eigenvalue weighted by molar-refractivity contribution is -0.145. The molecule has 0 aromatic heterocycles. The molecule has 0 aliphatic heterocycles. The molecule has 0 unspecified atom stereocenters. The van der Waals surface area contributed by atoms with Crippen LogP contribution in [-0.2, 0) is 14.3 Å². The first-order valence-electron chi connectivity index (χ1n) is 5.92. The zero-order valence-electron chi connectivity index (χ0n) is 10.7. The van der Waals surface area contributed by atoms with Crippen molar-refractivity contribution in [3.8, 4) is 11.8 Å². The maximum atomic E-state index is 10.8. The Morgan fingerprint density at radius 2 is 1.95 bits per heavy atom. The van der Waals surface area contributed by atoms with Gasteiger partial charge >= 0.3 is 5.97 Å². The van der Waals surface area contributed by atoms with Gasteiger partial charge in [0.05, 0.1) is 7.11 Å². The number of ether oxygens (including phenoxy) is 2. The minimum absolute atomic E-state index is 0.0666. The summed E-state index contributed by atoms with van der Waals surface area (Å²) in [6, 6.07) is 14.2. The molecule has 0 heterocycles. The molecule has 0 saturated carbocycles. The molecule has 0 radical (unpaired) electrons. The van der Waals surface area contributed by atoms with Crippen molar-refractivity contribution < 1.29 is 14.3 Å². The number of hydrogen-bond acceptors (Lipinski definition) is 3. The van der Waals surface area contributed by atoms with Crippen molar-refractivity contribution >= 4 is 16.7 Å². The van der Waals surface area contributed by atoms with Crippen molar-refractivity contribution in [2.24, 2.45) is 0 Å². The highest BCUT2D eigenvalue weighted by Crippen LogP contribution is 2.14. The molecule has 0 fully saturated rings. The number of hydrogen-bond donors (Lipinski definition) is 0. The Hall–Kier alpha value is -2.31. The third-order valence-corrected chi connectivity index (χ3v) is 2.60. The highest BCUT2D eigenvalue weighted by Gasteiger charge is 1.97. The second-order valence-electron chi connectivity index (χ2n) is 3.93. The van der Waals surface area contributed by atoms with Crippen molar-refractivity contribution in [2.45, 2.75) is 0 Å². The van der Waals surface area contributed by atoms with Crippen LogP contribution in [-0.4, -0.2) is 26.3 Å². The first kappa shape index (κ1) is 13.1. The van der Waals surface area contributed by atoms with E-state index in [-0.39, 0.29) is 13.2 Å². The van der Waals surface area contributed by atoms with E-state index >= 15 is 0 Å². The van der Waals surface area contributed by atoms with Gasteiger partial charge in [0.2, 0.25) is 0 Å². The molecule has 2 aromatic rings. The number of carbonyl (C=O) groups is 1. The van der Waals surface area contributed by atoms with Crippen LogP contribution in [0.1, 0.15) is 5.56 Å². The topological polar surface area (TPSA) is 35.5 Å². The van der Waals surface area contributed by atoms with E-state index in [1.807, 2.05) is 36.4 Å². The van der Waals surface area contributed by atoms with Crippen molar-refractivity contribution in [1.82, 2.24) is 0 Å². The first-order chi connectivity index (χ1) is 9.29. The van der Waals surface area contributed by atoms with Crippen molar-refractivity contribution in [1.29, 1.82) is 0 Å². The molecule has 2 aromatic carbocycles. The summed E-state index contributed by atoms with van der Waals surface area (Å²) < 4.78 is 9.50. The summed E-state index contributed by atoms with van der Waals surface area (Å²) >= 11 is 0. The number of benzene rings is 2. The second-order valence-corrected chi connectivity index (χ2v) is 3.93. The van der Waals surface area contributed by atoms with Crippen LogP contribution in [0.5, 0.6) is 0 Å². The average Bonchev–Trinajstić information content (AvgIpc) is 2.46. The monoisotopic (exact) mass is 254 g/mol. The fraction of sp³-hybridized carbons (Fsp3) is 0.188. The molecule has 0 atom stereocenters. The highest BCUT2D eigenvalue weighted by atomic mass is 16.6. The summed E-state index contributed by atoms with van der Waals surface area (Å²) in [5.41, 5.74) is 0.931. The predicted octanol–water partition coefficient (Wildman–Crippen LogP) is 2.38. The molecule has 0 aliphatic rings. The number of fused-ring (bicyclic) bond motifs is 1. The van der Waals surface area contributed by atoms with E-state index < -0.39 is 5.97 Å². The van der Waals surface area contributed by atoms with E-state index in [1.165, 1.54) is 12.5 Å². The Labute approximate surface area is 112 Å². The molecule has 0 spiro atoms. The SMILES string of the molecule is COC(=O)COCC#Cc1ccc2ccccc2c1. The van der Waals surface area contributed by atoms with Gasteiger partial charge < -0.3 is 9.47 Å². The van der Waals surface area contributed by atoms with E-state index in [2.05, 4.69) is 22.6 Å². The zero-order valence-corrected chi connectivity index (χ0v) is 10.7. The van der Waals surface area contributed by atoms with Crippen LogP contribution in [0.25, 0.3) is 10.8 Å². The van der Waals surface area contributed by atoms with Gasteiger partial charge in [-0.15, -0.1) is 0 Å². The maximum absolute atomic E-state index is 10.8. The molecule has 3 heteroatoms. The lowest BCUT2D eigenvalue weighted by atomic mass is 10.1. The van der Waals surface area contributed by atoms with Gasteiger partial charge in [-0.3, -0.25) is 0 Å². The van der Waals surface area contributed by atoms with Gasteiger partial charge in [-0.2, -0.15) is 0 Å². The van der Waals surface area contributed by atoms with Crippen LogP contribution in [0.4, 0.5) is 0 Å². The molecule has 3 nitrogen and oxygen atoms in total. The van der Waals surface area contributed by atoms with Gasteiger partial charge in [-0.1, -0.05) is 42.2 Å². The predicted molar refractivity (Wildman–Crippen MR) is 73.7 cm³/mol. The summed E-state index contributed by atoms with van der Waals surface area (Å²) in [4.78, 5) is 10.8. The number of rotatable bonds is 3. The average molecular weight is 254 g/mol. The zero-order chi connectivity index (χ0) is 13.5. The fourth-order valence-corrected chi connectivity index (χ4v) is 1.65. The number of methoxy groups -OCH3 is 1. The van der Waals surface area contributed by atoms with E-state index in [1.54, 1.807) is 0 Å². The minimum atomic E-state index is -0.396. The summed E-state index contributed by atoms with van der Waals surface area (Å²) in [5, 5.41) is 2.35. The quantitative estimate of drug-likeness (QED) is 0.479. The first-order valence-corrected chi connectivity index (χ1v) is 5.92. The molecule has 0 aliphatic carbocycles. The van der Waals surface area contributed by atoms with Gasteiger partial charge in [0, 0.05) is 5.56 Å². The molecule has 19 heavy (non-hydrogen) atoms. The van der Waals surface area contributed by atoms with Crippen LogP contribution in [0.2, 0.25) is 0 Å². The molecular formula is C16H14O3. The van der Waals surface area contributed by atoms with Gasteiger partial charge in [0.15, 0.2) is 0 Å². The molecule has 0 saturated heterocycles. The van der Waals surface area contributed by atoms with Gasteiger partial charge in [0.1, 0.15) is 13.2 Å². The Bertz CT molecular complexity index is 635. The van der Waals surface area contributed by atoms with Crippen LogP contribution in [0.15, 0.2) is 42.5 Å². The molecule has 96 valence electrons. The summed E-state index contributed by atoms with van der Waals surface area (Å²) in [5.74, 6) is 5.47. The van der Waals surface area contributed by atoms with Crippen molar-refractivity contribution in [3.63, 3.8) is 0 Å².